The highest BCUT2D eigenvalue weighted by Crippen LogP contribution is 2.51. The molecule has 2 aliphatic heterocycles. The zero-order valence-electron chi connectivity index (χ0n) is 34.2. The minimum atomic E-state index is -2.56. The summed E-state index contributed by atoms with van der Waals surface area (Å²) < 4.78 is 57.6. The Bertz CT molecular complexity index is 2360. The van der Waals surface area contributed by atoms with E-state index < -0.39 is 42.3 Å². The van der Waals surface area contributed by atoms with Crippen molar-refractivity contribution in [2.75, 3.05) is 18.6 Å². The highest BCUT2D eigenvalue weighted by Gasteiger charge is 2.55. The Labute approximate surface area is 361 Å². The molecule has 2 unspecified atom stereocenters. The fourth-order valence-corrected chi connectivity index (χ4v) is 8.29. The van der Waals surface area contributed by atoms with Crippen molar-refractivity contribution >= 4 is 23.2 Å². The molecule has 314 valence electrons. The fourth-order valence-electron chi connectivity index (χ4n) is 8.12. The van der Waals surface area contributed by atoms with E-state index in [1.165, 1.54) is 18.1 Å². The monoisotopic (exact) mass is 841 g/mol. The second kappa shape index (κ2) is 19.5. The van der Waals surface area contributed by atoms with E-state index >= 15 is 4.39 Å². The van der Waals surface area contributed by atoms with Crippen LogP contribution >= 0.6 is 11.6 Å². The zero-order chi connectivity index (χ0) is 42.2. The lowest BCUT2D eigenvalue weighted by atomic mass is 9.88. The lowest BCUT2D eigenvalue weighted by molar-refractivity contribution is -0.326. The first kappa shape index (κ1) is 42.3. The number of rotatable bonds is 17. The number of carbonyl (C=O) groups is 1. The van der Waals surface area contributed by atoms with Crippen molar-refractivity contribution in [3.63, 3.8) is 0 Å². The van der Waals surface area contributed by atoms with Crippen LogP contribution in [0.2, 0.25) is 5.02 Å². The van der Waals surface area contributed by atoms with E-state index in [4.69, 9.17) is 40.0 Å². The van der Waals surface area contributed by atoms with Crippen LogP contribution in [0.4, 0.5) is 10.1 Å². The number of ether oxygens (including phenoxy) is 6. The zero-order valence-corrected chi connectivity index (χ0v) is 35.0. The summed E-state index contributed by atoms with van der Waals surface area (Å²) >= 11 is 6.42. The van der Waals surface area contributed by atoms with Crippen LogP contribution in [0.5, 0.6) is 5.75 Å². The predicted octanol–water partition coefficient (Wildman–Crippen LogP) is 10.3. The quantitative estimate of drug-likeness (QED) is 0.0905. The van der Waals surface area contributed by atoms with Crippen molar-refractivity contribution in [3.8, 4) is 5.75 Å². The van der Waals surface area contributed by atoms with Crippen molar-refractivity contribution in [3.05, 3.63) is 202 Å². The Balaban J connectivity index is 1.16. The van der Waals surface area contributed by atoms with Gasteiger partial charge in [-0.05, 0) is 65.4 Å². The van der Waals surface area contributed by atoms with Crippen LogP contribution in [0.25, 0.3) is 0 Å². The van der Waals surface area contributed by atoms with Crippen molar-refractivity contribution in [1.29, 1.82) is 0 Å². The topological polar surface area (TPSA) is 75.7 Å². The maximum absolute atomic E-state index is 17.9. The van der Waals surface area contributed by atoms with Crippen LogP contribution in [0.15, 0.2) is 158 Å². The molecular weight excluding hydrogens is 793 g/mol. The van der Waals surface area contributed by atoms with E-state index in [1.54, 1.807) is 24.3 Å². The number of nitrogens with zero attached hydrogens (tertiary/aromatic N) is 1. The Morgan fingerprint density at radius 2 is 1.13 bits per heavy atom. The number of hydrogen-bond donors (Lipinski definition) is 0. The smallest absolute Gasteiger partial charge is 0.274 e. The standard InChI is InChI=1S/C51H49ClFNO7/c1-35-23-25-41-43(29-35)54(50(55)51(41,53)42-30-40(52)24-26-44(42)56-2)28-27-45-46(57-31-36-15-7-3-8-16-36)47(58-32-37-17-9-4-10-18-37)48(59-33-38-19-11-5-12-20-38)49(61-45)60-34-39-21-13-6-14-22-39/h3-26,29-30,45-49H,27-28,31-34H2,1-2H3/t45?,46-,47+,48-,49-,51?/m0/s1. The molecule has 6 aromatic rings. The minimum Gasteiger partial charge on any atom is -0.496 e. The molecule has 6 atom stereocenters. The molecule has 10 heteroatoms. The first-order valence-corrected chi connectivity index (χ1v) is 20.9. The van der Waals surface area contributed by atoms with E-state index in [2.05, 4.69) is 0 Å². The van der Waals surface area contributed by atoms with Crippen molar-refractivity contribution in [1.82, 2.24) is 0 Å². The molecule has 1 saturated heterocycles. The van der Waals surface area contributed by atoms with E-state index in [0.29, 0.717) is 5.69 Å². The third kappa shape index (κ3) is 9.58. The Hall–Kier alpha value is -5.39. The van der Waals surface area contributed by atoms with Crippen LogP contribution in [-0.4, -0.2) is 50.3 Å². The van der Waals surface area contributed by atoms with E-state index in [-0.39, 0.29) is 61.3 Å². The number of hydrogen-bond acceptors (Lipinski definition) is 7. The number of halogens is 2. The van der Waals surface area contributed by atoms with Gasteiger partial charge in [-0.2, -0.15) is 0 Å². The Kier molecular flexibility index (Phi) is 13.6. The third-order valence-electron chi connectivity index (χ3n) is 11.2. The summed E-state index contributed by atoms with van der Waals surface area (Å²) in [7, 11) is 1.45. The average Bonchev–Trinajstić information content (AvgIpc) is 3.51. The number of methoxy groups -OCH3 is 1. The minimum absolute atomic E-state index is 0.0419. The first-order valence-electron chi connectivity index (χ1n) is 20.6. The highest BCUT2D eigenvalue weighted by molar-refractivity contribution is 6.30. The summed E-state index contributed by atoms with van der Waals surface area (Å²) in [6.07, 6.45) is -3.52. The Morgan fingerprint density at radius 1 is 0.623 bits per heavy atom. The van der Waals surface area contributed by atoms with Gasteiger partial charge >= 0.3 is 0 Å². The van der Waals surface area contributed by atoms with Gasteiger partial charge < -0.3 is 33.3 Å². The van der Waals surface area contributed by atoms with Crippen molar-refractivity contribution < 1.29 is 37.6 Å². The fraction of sp³-hybridized carbons (Fsp3) is 0.275. The molecule has 2 aliphatic rings. The summed E-state index contributed by atoms with van der Waals surface area (Å²) in [5.41, 5.74) is 2.90. The molecule has 0 saturated carbocycles. The van der Waals surface area contributed by atoms with Gasteiger partial charge in [0.05, 0.1) is 45.3 Å². The summed E-state index contributed by atoms with van der Waals surface area (Å²) in [5, 5.41) is 0.286. The molecule has 0 bridgehead atoms. The maximum Gasteiger partial charge on any atom is 0.274 e. The normalized spacial score (nSPS) is 22.3. The van der Waals surface area contributed by atoms with Crippen LogP contribution in [-0.2, 0) is 60.6 Å². The Morgan fingerprint density at radius 3 is 1.67 bits per heavy atom. The molecule has 0 spiro atoms. The largest absolute Gasteiger partial charge is 0.496 e. The molecule has 1 fully saturated rings. The molecule has 0 aromatic heterocycles. The number of aryl methyl sites for hydroxylation is 1. The number of amides is 1. The number of carbonyl (C=O) groups excluding carboxylic acids is 1. The van der Waals surface area contributed by atoms with Gasteiger partial charge in [0.2, 0.25) is 5.67 Å². The molecule has 8 nitrogen and oxygen atoms in total. The summed E-state index contributed by atoms with van der Waals surface area (Å²) in [4.78, 5) is 16.2. The molecular formula is C51H49ClFNO7. The van der Waals surface area contributed by atoms with Crippen LogP contribution in [0.3, 0.4) is 0 Å². The predicted molar refractivity (Wildman–Crippen MR) is 233 cm³/mol. The molecule has 6 aromatic carbocycles. The summed E-state index contributed by atoms with van der Waals surface area (Å²) in [5.74, 6) is -0.527. The van der Waals surface area contributed by atoms with E-state index in [9.17, 15) is 4.79 Å². The second-order valence-electron chi connectivity index (χ2n) is 15.4. The van der Waals surface area contributed by atoms with E-state index in [0.717, 1.165) is 27.8 Å². The van der Waals surface area contributed by atoms with Gasteiger partial charge in [0, 0.05) is 22.7 Å². The molecule has 0 N–H and O–H groups in total. The highest BCUT2D eigenvalue weighted by atomic mass is 35.5. The van der Waals surface area contributed by atoms with Gasteiger partial charge in [-0.1, -0.05) is 145 Å². The number of fused-ring (bicyclic) bond motifs is 1. The molecule has 0 radical (unpaired) electrons. The lowest BCUT2D eigenvalue weighted by Crippen LogP contribution is -2.61. The second-order valence-corrected chi connectivity index (χ2v) is 15.8. The van der Waals surface area contributed by atoms with Crippen LogP contribution < -0.4 is 9.64 Å². The first-order chi connectivity index (χ1) is 29.8. The number of benzene rings is 6. The number of alkyl halides is 1. The van der Waals surface area contributed by atoms with Gasteiger partial charge in [0.15, 0.2) is 6.29 Å². The molecule has 61 heavy (non-hydrogen) atoms. The maximum atomic E-state index is 17.9. The molecule has 8 rings (SSSR count). The van der Waals surface area contributed by atoms with E-state index in [1.807, 2.05) is 134 Å². The van der Waals surface area contributed by atoms with Gasteiger partial charge in [-0.15, -0.1) is 0 Å². The average molecular weight is 842 g/mol. The SMILES string of the molecule is COc1ccc(Cl)cc1C1(F)C(=O)N(CCC2O[C@H](OCc3ccccc3)[C@@H](OCc3ccccc3)[C@H](OCc3ccccc3)[C@H]2OCc2ccccc2)c2cc(C)ccc21. The van der Waals surface area contributed by atoms with Crippen molar-refractivity contribution in [2.45, 2.75) is 76.1 Å². The molecule has 0 aliphatic carbocycles. The van der Waals surface area contributed by atoms with Crippen LogP contribution in [0, 0.1) is 6.92 Å². The lowest BCUT2D eigenvalue weighted by Gasteiger charge is -2.46. The molecule has 1 amide bonds. The summed E-state index contributed by atoms with van der Waals surface area (Å²) in [6.45, 7) is 3.04. The van der Waals surface area contributed by atoms with Gasteiger partial charge in [0.25, 0.3) is 5.91 Å². The van der Waals surface area contributed by atoms with Crippen molar-refractivity contribution in [2.24, 2.45) is 0 Å². The number of anilines is 1. The summed E-state index contributed by atoms with van der Waals surface area (Å²) in [6, 6.07) is 49.6. The third-order valence-corrected chi connectivity index (χ3v) is 11.5. The molecule has 2 heterocycles. The van der Waals surface area contributed by atoms with Gasteiger partial charge in [-0.25, -0.2) is 4.39 Å². The van der Waals surface area contributed by atoms with Crippen LogP contribution in [0.1, 0.15) is 45.4 Å². The van der Waals surface area contributed by atoms with Gasteiger partial charge in [-0.3, -0.25) is 4.79 Å². The van der Waals surface area contributed by atoms with Gasteiger partial charge in [0.1, 0.15) is 24.1 Å².